The zero-order valence-electron chi connectivity index (χ0n) is 17.6. The van der Waals surface area contributed by atoms with E-state index in [0.29, 0.717) is 17.9 Å². The maximum Gasteiger partial charge on any atom is 0.295 e. The fourth-order valence-corrected chi connectivity index (χ4v) is 3.44. The molecule has 0 fully saturated rings. The van der Waals surface area contributed by atoms with Crippen molar-refractivity contribution >= 4 is 11.6 Å². The quantitative estimate of drug-likeness (QED) is 0.663. The summed E-state index contributed by atoms with van der Waals surface area (Å²) in [4.78, 5) is 27.4. The highest BCUT2D eigenvalue weighted by Crippen LogP contribution is 2.14. The molecule has 0 radical (unpaired) electrons. The molecule has 0 aliphatic carbocycles. The summed E-state index contributed by atoms with van der Waals surface area (Å²) < 4.78 is 5.24. The number of carbonyl (C=O) groups is 1. The summed E-state index contributed by atoms with van der Waals surface area (Å²) in [5.74, 6) is -0.223. The average Bonchev–Trinajstić information content (AvgIpc) is 3.14. The molecule has 0 saturated carbocycles. The third-order valence-corrected chi connectivity index (χ3v) is 5.18. The Kier molecular flexibility index (Phi) is 6.03. The van der Waals surface area contributed by atoms with Crippen LogP contribution < -0.4 is 10.9 Å². The lowest BCUT2D eigenvalue weighted by atomic mass is 10.2. The van der Waals surface area contributed by atoms with Crippen LogP contribution >= 0.6 is 0 Å². The molecular formula is C21H28N6O2. The number of hydrogen-bond acceptors (Lipinski definition) is 4. The Morgan fingerprint density at radius 1 is 1.17 bits per heavy atom. The van der Waals surface area contributed by atoms with Crippen molar-refractivity contribution in [2.45, 2.75) is 33.9 Å². The normalized spacial score (nSPS) is 11.2. The Morgan fingerprint density at radius 2 is 1.86 bits per heavy atom. The van der Waals surface area contributed by atoms with Gasteiger partial charge in [-0.1, -0.05) is 18.2 Å². The number of likely N-dealkylation sites (N-methyl/N-ethyl adjacent to an activating group) is 1. The van der Waals surface area contributed by atoms with Crippen molar-refractivity contribution < 1.29 is 4.79 Å². The van der Waals surface area contributed by atoms with Crippen LogP contribution in [0.1, 0.15) is 23.9 Å². The summed E-state index contributed by atoms with van der Waals surface area (Å²) in [5, 5.41) is 7.14. The van der Waals surface area contributed by atoms with E-state index in [2.05, 4.69) is 10.4 Å². The molecular weight excluding hydrogens is 368 g/mol. The van der Waals surface area contributed by atoms with Crippen LogP contribution in [0.25, 0.3) is 5.69 Å². The van der Waals surface area contributed by atoms with E-state index in [0.717, 1.165) is 23.5 Å². The lowest BCUT2D eigenvalue weighted by Crippen LogP contribution is -2.31. The number of anilines is 1. The lowest BCUT2D eigenvalue weighted by Gasteiger charge is -2.16. The molecule has 0 atom stereocenters. The van der Waals surface area contributed by atoms with E-state index in [9.17, 15) is 9.59 Å². The molecule has 0 saturated heterocycles. The first kappa shape index (κ1) is 20.6. The molecule has 3 rings (SSSR count). The monoisotopic (exact) mass is 396 g/mol. The highest BCUT2D eigenvalue weighted by molar-refractivity contribution is 5.92. The fourth-order valence-electron chi connectivity index (χ4n) is 3.44. The number of para-hydroxylation sites is 1. The molecule has 0 aliphatic heterocycles. The van der Waals surface area contributed by atoms with Crippen LogP contribution in [-0.2, 0) is 24.9 Å². The second-order valence-corrected chi connectivity index (χ2v) is 7.23. The molecule has 0 bridgehead atoms. The number of nitrogens with zero attached hydrogens (tertiary/aromatic N) is 5. The third-order valence-electron chi connectivity index (χ3n) is 5.18. The number of rotatable bonds is 7. The smallest absolute Gasteiger partial charge is 0.295 e. The third kappa shape index (κ3) is 4.17. The fraction of sp³-hybridized carbons (Fsp3) is 0.381. The van der Waals surface area contributed by atoms with Gasteiger partial charge in [-0.3, -0.25) is 23.9 Å². The summed E-state index contributed by atoms with van der Waals surface area (Å²) in [6.07, 6.45) is 1.84. The van der Waals surface area contributed by atoms with E-state index in [1.165, 1.54) is 0 Å². The van der Waals surface area contributed by atoms with Crippen molar-refractivity contribution in [3.05, 3.63) is 63.8 Å². The summed E-state index contributed by atoms with van der Waals surface area (Å²) in [6, 6.07) is 9.37. The molecule has 2 heterocycles. The first-order valence-corrected chi connectivity index (χ1v) is 9.67. The zero-order chi connectivity index (χ0) is 21.1. The van der Waals surface area contributed by atoms with Gasteiger partial charge in [-0.15, -0.1) is 0 Å². The predicted octanol–water partition coefficient (Wildman–Crippen LogP) is 2.08. The number of benzene rings is 1. The minimum atomic E-state index is -0.243. The molecule has 0 unspecified atom stereocenters. The predicted molar refractivity (Wildman–Crippen MR) is 113 cm³/mol. The largest absolute Gasteiger partial charge is 0.319 e. The second kappa shape index (κ2) is 8.48. The molecule has 1 amide bonds. The van der Waals surface area contributed by atoms with E-state index in [1.54, 1.807) is 16.4 Å². The highest BCUT2D eigenvalue weighted by Gasteiger charge is 2.19. The first-order chi connectivity index (χ1) is 13.8. The topological polar surface area (TPSA) is 77.1 Å². The summed E-state index contributed by atoms with van der Waals surface area (Å²) in [5.41, 5.74) is 3.71. The molecule has 0 spiro atoms. The molecule has 0 aliphatic rings. The van der Waals surface area contributed by atoms with Gasteiger partial charge in [0.05, 0.1) is 24.1 Å². The Morgan fingerprint density at radius 3 is 2.48 bits per heavy atom. The number of nitrogens with one attached hydrogen (secondary N) is 1. The van der Waals surface area contributed by atoms with Crippen molar-refractivity contribution in [1.29, 1.82) is 0 Å². The number of aromatic nitrogens is 4. The van der Waals surface area contributed by atoms with E-state index < -0.39 is 0 Å². The van der Waals surface area contributed by atoms with E-state index in [-0.39, 0.29) is 18.0 Å². The van der Waals surface area contributed by atoms with E-state index in [4.69, 9.17) is 0 Å². The van der Waals surface area contributed by atoms with Crippen LogP contribution in [0, 0.1) is 13.8 Å². The average molecular weight is 396 g/mol. The van der Waals surface area contributed by atoms with Gasteiger partial charge in [0.1, 0.15) is 5.69 Å². The van der Waals surface area contributed by atoms with Crippen molar-refractivity contribution in [1.82, 2.24) is 24.0 Å². The zero-order valence-corrected chi connectivity index (χ0v) is 17.6. The van der Waals surface area contributed by atoms with Gasteiger partial charge in [0.25, 0.3) is 5.56 Å². The molecule has 1 aromatic carbocycles. The summed E-state index contributed by atoms with van der Waals surface area (Å²) >= 11 is 0. The molecule has 8 nitrogen and oxygen atoms in total. The van der Waals surface area contributed by atoms with Gasteiger partial charge in [-0.2, -0.15) is 5.10 Å². The van der Waals surface area contributed by atoms with Crippen molar-refractivity contribution in [3.8, 4) is 5.69 Å². The number of aryl methyl sites for hydroxylation is 1. The first-order valence-electron chi connectivity index (χ1n) is 9.67. The van der Waals surface area contributed by atoms with Gasteiger partial charge < -0.3 is 5.32 Å². The van der Waals surface area contributed by atoms with E-state index in [1.807, 2.05) is 73.9 Å². The Bertz CT molecular complexity index is 1060. The Labute approximate surface area is 170 Å². The summed E-state index contributed by atoms with van der Waals surface area (Å²) in [6.45, 7) is 7.50. The maximum absolute atomic E-state index is 12.9. The molecule has 8 heteroatoms. The van der Waals surface area contributed by atoms with Crippen LogP contribution in [0.3, 0.4) is 0 Å². The van der Waals surface area contributed by atoms with Crippen LogP contribution in [-0.4, -0.2) is 43.5 Å². The van der Waals surface area contributed by atoms with Crippen molar-refractivity contribution in [2.24, 2.45) is 7.05 Å². The summed E-state index contributed by atoms with van der Waals surface area (Å²) in [7, 11) is 3.68. The Balaban J connectivity index is 1.72. The SMILES string of the molecule is CCn1ncc(CN(C)CC(=O)Nc2c(C)n(C)n(-c3ccccc3)c2=O)c1C. The molecule has 154 valence electrons. The standard InChI is InChI=1S/C21H28N6O2/c1-6-26-15(2)17(12-22-26)13-24(4)14-19(28)23-20-16(3)25(5)27(21(20)29)18-10-8-7-9-11-18/h7-12H,6,13-14H2,1-5H3,(H,23,28). The molecule has 1 N–H and O–H groups in total. The lowest BCUT2D eigenvalue weighted by molar-refractivity contribution is -0.117. The van der Waals surface area contributed by atoms with Crippen molar-refractivity contribution in [2.75, 3.05) is 18.9 Å². The molecule has 2 aromatic heterocycles. The van der Waals surface area contributed by atoms with Gasteiger partial charge in [-0.25, -0.2) is 4.68 Å². The number of hydrogen-bond donors (Lipinski definition) is 1. The maximum atomic E-state index is 12.9. The number of amides is 1. The van der Waals surface area contributed by atoms with Crippen LogP contribution in [0.2, 0.25) is 0 Å². The van der Waals surface area contributed by atoms with Gasteiger partial charge in [0.2, 0.25) is 5.91 Å². The van der Waals surface area contributed by atoms with Gasteiger partial charge >= 0.3 is 0 Å². The van der Waals surface area contributed by atoms with E-state index >= 15 is 0 Å². The highest BCUT2D eigenvalue weighted by atomic mass is 16.2. The number of carbonyl (C=O) groups excluding carboxylic acids is 1. The van der Waals surface area contributed by atoms with Crippen molar-refractivity contribution in [3.63, 3.8) is 0 Å². The van der Waals surface area contributed by atoms with Gasteiger partial charge in [-0.05, 0) is 40.0 Å². The second-order valence-electron chi connectivity index (χ2n) is 7.23. The van der Waals surface area contributed by atoms with Gasteiger partial charge in [0, 0.05) is 31.4 Å². The minimum Gasteiger partial charge on any atom is -0.319 e. The van der Waals surface area contributed by atoms with Gasteiger partial charge in [0.15, 0.2) is 0 Å². The molecule has 29 heavy (non-hydrogen) atoms. The van der Waals surface area contributed by atoms with Crippen LogP contribution in [0.5, 0.6) is 0 Å². The minimum absolute atomic E-state index is 0.176. The van der Waals surface area contributed by atoms with Crippen LogP contribution in [0.4, 0.5) is 5.69 Å². The molecule has 3 aromatic rings. The Hall–Kier alpha value is -3.13. The van der Waals surface area contributed by atoms with Crippen LogP contribution in [0.15, 0.2) is 41.3 Å².